The SMILES string of the molecule is FC(F)(F)CC[Si](Cl)(CCC(F)(F)F)CCC(F)(F)C(F)(F)C(F)(F)C(F)(F)C(F)(F)F. The summed E-state index contributed by atoms with van der Waals surface area (Å²) in [6.07, 6.45) is -24.3. The van der Waals surface area contributed by atoms with E-state index < -0.39 is 87.0 Å². The lowest BCUT2D eigenvalue weighted by molar-refractivity contribution is -0.422. The van der Waals surface area contributed by atoms with E-state index in [9.17, 15) is 74.6 Å². The van der Waals surface area contributed by atoms with Gasteiger partial charge in [-0.2, -0.15) is 85.7 Å². The van der Waals surface area contributed by atoms with E-state index in [1.807, 2.05) is 0 Å². The van der Waals surface area contributed by atoms with Crippen molar-refractivity contribution >= 4 is 18.5 Å². The van der Waals surface area contributed by atoms with Crippen molar-refractivity contribution < 1.29 is 74.6 Å². The predicted molar refractivity (Wildman–Crippen MR) is 77.8 cm³/mol. The molecule has 0 spiro atoms. The molecular weight excluding hydrogens is 543 g/mol. The second-order valence-corrected chi connectivity index (χ2v) is 13.0. The van der Waals surface area contributed by atoms with E-state index in [2.05, 4.69) is 0 Å². The van der Waals surface area contributed by atoms with Gasteiger partial charge in [-0.1, -0.05) is 0 Å². The second-order valence-electron chi connectivity index (χ2n) is 6.81. The van der Waals surface area contributed by atoms with Gasteiger partial charge in [-0.05, 0) is 18.1 Å². The maximum absolute atomic E-state index is 13.7. The van der Waals surface area contributed by atoms with Crippen LogP contribution in [0.5, 0.6) is 0 Å². The number of rotatable bonds is 10. The molecule has 0 aromatic heterocycles. The van der Waals surface area contributed by atoms with Crippen molar-refractivity contribution in [2.45, 2.75) is 79.6 Å². The Bertz CT molecular complexity index is 599. The van der Waals surface area contributed by atoms with Crippen molar-refractivity contribution in [2.24, 2.45) is 0 Å². The fourth-order valence-corrected chi connectivity index (χ4v) is 6.07. The van der Waals surface area contributed by atoms with Crippen molar-refractivity contribution in [1.82, 2.24) is 0 Å². The van der Waals surface area contributed by atoms with E-state index in [0.29, 0.717) is 0 Å². The van der Waals surface area contributed by atoms with E-state index in [0.717, 1.165) is 0 Å². The number of halogens is 18. The Morgan fingerprint density at radius 3 is 1.03 bits per heavy atom. The summed E-state index contributed by atoms with van der Waals surface area (Å²) in [7, 11) is -4.73. The first-order valence-electron chi connectivity index (χ1n) is 8.02. The molecule has 0 unspecified atom stereocenters. The summed E-state index contributed by atoms with van der Waals surface area (Å²) in [6.45, 7) is 0. The molecule has 0 bridgehead atoms. The van der Waals surface area contributed by atoms with Crippen molar-refractivity contribution in [2.75, 3.05) is 0 Å². The highest BCUT2D eigenvalue weighted by Gasteiger charge is 2.86. The van der Waals surface area contributed by atoms with Crippen LogP contribution in [0.15, 0.2) is 0 Å². The predicted octanol–water partition coefficient (Wildman–Crippen LogP) is 8.57. The zero-order valence-electron chi connectivity index (χ0n) is 15.0. The molecule has 0 radical (unpaired) electrons. The van der Waals surface area contributed by atoms with Gasteiger partial charge in [-0.15, -0.1) is 0 Å². The van der Waals surface area contributed by atoms with Crippen molar-refractivity contribution in [1.29, 1.82) is 0 Å². The monoisotopic (exact) mass is 554 g/mol. The van der Waals surface area contributed by atoms with Gasteiger partial charge in [0, 0.05) is 19.3 Å². The van der Waals surface area contributed by atoms with Crippen molar-refractivity contribution in [3.05, 3.63) is 0 Å². The van der Waals surface area contributed by atoms with E-state index in [4.69, 9.17) is 11.1 Å². The van der Waals surface area contributed by atoms with Crippen LogP contribution in [-0.4, -0.2) is 49.6 Å². The van der Waals surface area contributed by atoms with Crippen molar-refractivity contribution in [3.63, 3.8) is 0 Å². The highest BCUT2D eigenvalue weighted by Crippen LogP contribution is 2.58. The molecule has 0 saturated heterocycles. The van der Waals surface area contributed by atoms with Crippen LogP contribution in [0, 0.1) is 0 Å². The van der Waals surface area contributed by atoms with E-state index >= 15 is 0 Å². The summed E-state index contributed by atoms with van der Waals surface area (Å²) < 4.78 is 216. The molecule has 0 N–H and O–H groups in total. The van der Waals surface area contributed by atoms with Gasteiger partial charge in [0.2, 0.25) is 0 Å². The van der Waals surface area contributed by atoms with Crippen LogP contribution in [0.4, 0.5) is 74.6 Å². The first kappa shape index (κ1) is 31.3. The average Bonchev–Trinajstić information content (AvgIpc) is 2.54. The third-order valence-corrected chi connectivity index (χ3v) is 9.34. The minimum Gasteiger partial charge on any atom is -0.200 e. The maximum Gasteiger partial charge on any atom is 0.460 e. The molecule has 0 rings (SSSR count). The molecule has 0 aliphatic carbocycles. The molecule has 0 heterocycles. The molecule has 0 aromatic carbocycles. The molecule has 0 atom stereocenters. The summed E-state index contributed by atoms with van der Waals surface area (Å²) in [6, 6.07) is -4.78. The summed E-state index contributed by atoms with van der Waals surface area (Å²) in [4.78, 5) is 0. The van der Waals surface area contributed by atoms with Crippen LogP contribution >= 0.6 is 11.1 Å². The van der Waals surface area contributed by atoms with E-state index in [-0.39, 0.29) is 0 Å². The number of hydrogen-bond donors (Lipinski definition) is 0. The standard InChI is InChI=1S/C13H12ClF17Si/c14-32(5-2-8(17,18)19,6-3-9(20,21)22)4-1-7(15,16)10(23,24)11(25,26)12(27,28)13(29,30)31/h1-6H2. The normalized spacial score (nSPS) is 15.9. The first-order valence-corrected chi connectivity index (χ1v) is 11.7. The Balaban J connectivity index is 5.85. The fourth-order valence-electron chi connectivity index (χ4n) is 2.25. The van der Waals surface area contributed by atoms with Crippen LogP contribution < -0.4 is 0 Å². The molecule has 0 nitrogen and oxygen atoms in total. The van der Waals surface area contributed by atoms with Gasteiger partial charge in [0.1, 0.15) is 0 Å². The average molecular weight is 555 g/mol. The minimum atomic E-state index is -7.73. The summed E-state index contributed by atoms with van der Waals surface area (Å²) >= 11 is 5.53. The van der Waals surface area contributed by atoms with Gasteiger partial charge in [-0.25, -0.2) is 0 Å². The number of alkyl halides is 17. The lowest BCUT2D eigenvalue weighted by Crippen LogP contribution is -2.66. The van der Waals surface area contributed by atoms with Crippen LogP contribution in [0.3, 0.4) is 0 Å². The molecule has 0 saturated carbocycles. The van der Waals surface area contributed by atoms with Gasteiger partial charge in [0.15, 0.2) is 7.38 Å². The summed E-state index contributed by atoms with van der Waals surface area (Å²) in [5.74, 6) is -29.2. The lowest BCUT2D eigenvalue weighted by atomic mass is 9.96. The van der Waals surface area contributed by atoms with Crippen LogP contribution in [0.1, 0.15) is 19.3 Å². The zero-order valence-corrected chi connectivity index (χ0v) is 16.8. The van der Waals surface area contributed by atoms with Gasteiger partial charge < -0.3 is 0 Å². The maximum atomic E-state index is 13.7. The third-order valence-electron chi connectivity index (χ3n) is 4.20. The molecule has 0 aliphatic rings. The first-order chi connectivity index (χ1) is 13.6. The molecule has 0 aromatic rings. The molecule has 32 heavy (non-hydrogen) atoms. The Labute approximate surface area is 173 Å². The van der Waals surface area contributed by atoms with Crippen molar-refractivity contribution in [3.8, 4) is 0 Å². The Hall–Kier alpha value is -0.683. The van der Waals surface area contributed by atoms with Crippen LogP contribution in [0.25, 0.3) is 0 Å². The van der Waals surface area contributed by atoms with Gasteiger partial charge in [0.25, 0.3) is 0 Å². The highest BCUT2D eigenvalue weighted by atomic mass is 35.6. The quantitative estimate of drug-likeness (QED) is 0.144. The Morgan fingerprint density at radius 1 is 0.438 bits per heavy atom. The fraction of sp³-hybridized carbons (Fsp3) is 1.00. The largest absolute Gasteiger partial charge is 0.460 e. The second kappa shape index (κ2) is 9.17. The third kappa shape index (κ3) is 7.41. The van der Waals surface area contributed by atoms with E-state index in [1.54, 1.807) is 0 Å². The van der Waals surface area contributed by atoms with Gasteiger partial charge >= 0.3 is 42.2 Å². The molecule has 19 heteroatoms. The smallest absolute Gasteiger partial charge is 0.200 e. The van der Waals surface area contributed by atoms with Gasteiger partial charge in [0.05, 0.1) is 0 Å². The van der Waals surface area contributed by atoms with Crippen LogP contribution in [0.2, 0.25) is 18.1 Å². The summed E-state index contributed by atoms with van der Waals surface area (Å²) in [5, 5.41) is 0. The Morgan fingerprint density at radius 2 is 0.750 bits per heavy atom. The number of hydrogen-bond acceptors (Lipinski definition) is 0. The molecule has 194 valence electrons. The molecule has 0 aliphatic heterocycles. The highest BCUT2D eigenvalue weighted by molar-refractivity contribution is 7.20. The molecular formula is C13H12ClF17Si. The molecule has 0 fully saturated rings. The van der Waals surface area contributed by atoms with E-state index in [1.165, 1.54) is 0 Å². The Kier molecular flexibility index (Phi) is 8.97. The van der Waals surface area contributed by atoms with Gasteiger partial charge in [-0.3, -0.25) is 0 Å². The van der Waals surface area contributed by atoms with Crippen LogP contribution in [-0.2, 0) is 0 Å². The molecule has 0 amide bonds. The topological polar surface area (TPSA) is 0 Å². The zero-order chi connectivity index (χ0) is 26.2. The minimum absolute atomic E-state index is 1.47. The lowest BCUT2D eigenvalue weighted by Gasteiger charge is -2.38. The summed E-state index contributed by atoms with van der Waals surface area (Å²) in [5.41, 5.74) is 0.